The fraction of sp³-hybridized carbons (Fsp3) is 0.500. The summed E-state index contributed by atoms with van der Waals surface area (Å²) >= 11 is 0. The lowest BCUT2D eigenvalue weighted by Crippen LogP contribution is -2.38. The Bertz CT molecular complexity index is 923. The molecule has 10 nitrogen and oxygen atoms in total. The van der Waals surface area contributed by atoms with E-state index in [2.05, 4.69) is 4.90 Å². The second-order valence-corrected chi connectivity index (χ2v) is 8.22. The SMILES string of the molecule is C[C@@H]1OC(=O)c2c(O)cc(OCCN3CCOCC3)cc2/C=C/C[C@H](O)[C@H](O)C(=O)/C=C\[C@H]1O. The number of carbonyl (C=O) groups is 2. The summed E-state index contributed by atoms with van der Waals surface area (Å²) in [5, 5.41) is 40.9. The standard InChI is InChI=1S/C24H31NO9/c1-15-18(26)5-6-20(28)23(30)19(27)4-2-3-16-13-17(14-21(29)22(16)24(31)34-15)33-12-9-25-7-10-32-11-8-25/h2-3,5-6,13-15,18-19,23,26-27,29-30H,4,7-12H2,1H3/b3-2+,6-5-/t15-,18+,19-,23-/m0/s1. The Morgan fingerprint density at radius 3 is 2.59 bits per heavy atom. The highest BCUT2D eigenvalue weighted by Crippen LogP contribution is 2.30. The fourth-order valence-electron chi connectivity index (χ4n) is 3.58. The van der Waals surface area contributed by atoms with Crippen molar-refractivity contribution in [3.05, 3.63) is 41.5 Å². The molecule has 0 aliphatic carbocycles. The quantitative estimate of drug-likeness (QED) is 0.446. The molecular weight excluding hydrogens is 446 g/mol. The number of phenolic OH excluding ortho intramolecular Hbond substituents is 1. The predicted molar refractivity (Wildman–Crippen MR) is 122 cm³/mol. The molecule has 1 aromatic rings. The zero-order valence-corrected chi connectivity index (χ0v) is 19.0. The summed E-state index contributed by atoms with van der Waals surface area (Å²) in [6, 6.07) is 2.86. The smallest absolute Gasteiger partial charge is 0.342 e. The summed E-state index contributed by atoms with van der Waals surface area (Å²) in [7, 11) is 0. The third kappa shape index (κ3) is 6.87. The molecule has 0 spiro atoms. The van der Waals surface area contributed by atoms with Crippen LogP contribution in [0.5, 0.6) is 11.5 Å². The summed E-state index contributed by atoms with van der Waals surface area (Å²) in [4.78, 5) is 27.0. The molecule has 4 N–H and O–H groups in total. The number of cyclic esters (lactones) is 1. The molecule has 3 rings (SSSR count). The second kappa shape index (κ2) is 12.1. The van der Waals surface area contributed by atoms with Gasteiger partial charge in [0.05, 0.1) is 19.3 Å². The van der Waals surface area contributed by atoms with Gasteiger partial charge in [0.15, 0.2) is 5.78 Å². The highest BCUT2D eigenvalue weighted by atomic mass is 16.6. The molecule has 0 bridgehead atoms. The number of ether oxygens (including phenoxy) is 3. The first-order valence-corrected chi connectivity index (χ1v) is 11.2. The van der Waals surface area contributed by atoms with Crippen molar-refractivity contribution < 1.29 is 44.2 Å². The van der Waals surface area contributed by atoms with Crippen LogP contribution >= 0.6 is 0 Å². The molecular formula is C24H31NO9. The Morgan fingerprint density at radius 1 is 1.12 bits per heavy atom. The van der Waals surface area contributed by atoms with Crippen LogP contribution in [0.3, 0.4) is 0 Å². The van der Waals surface area contributed by atoms with E-state index in [1.807, 2.05) is 0 Å². The number of hydrogen-bond acceptors (Lipinski definition) is 10. The summed E-state index contributed by atoms with van der Waals surface area (Å²) in [6.07, 6.45) is -0.636. The van der Waals surface area contributed by atoms with Gasteiger partial charge in [-0.2, -0.15) is 0 Å². The molecule has 2 aliphatic rings. The molecule has 1 saturated heterocycles. The van der Waals surface area contributed by atoms with E-state index in [1.54, 1.807) is 6.07 Å². The number of morpholine rings is 1. The van der Waals surface area contributed by atoms with Crippen LogP contribution in [0.25, 0.3) is 6.08 Å². The molecule has 0 amide bonds. The Labute approximate surface area is 197 Å². The average molecular weight is 478 g/mol. The number of benzene rings is 1. The number of aromatic hydroxyl groups is 1. The number of phenols is 1. The molecule has 0 radical (unpaired) electrons. The predicted octanol–water partition coefficient (Wildman–Crippen LogP) is 0.273. The number of fused-ring (bicyclic) bond motifs is 1. The molecule has 0 aromatic heterocycles. The van der Waals surface area contributed by atoms with Gasteiger partial charge in [0.1, 0.15) is 42.0 Å². The number of rotatable bonds is 4. The lowest BCUT2D eigenvalue weighted by Gasteiger charge is -2.26. The van der Waals surface area contributed by atoms with Crippen LogP contribution in [0.15, 0.2) is 30.4 Å². The zero-order valence-electron chi connectivity index (χ0n) is 19.0. The molecule has 34 heavy (non-hydrogen) atoms. The van der Waals surface area contributed by atoms with E-state index in [1.165, 1.54) is 25.1 Å². The molecule has 1 aromatic carbocycles. The third-order valence-electron chi connectivity index (χ3n) is 5.67. The maximum atomic E-state index is 12.8. The maximum Gasteiger partial charge on any atom is 0.342 e. The number of ketones is 1. The van der Waals surface area contributed by atoms with Gasteiger partial charge in [-0.15, -0.1) is 0 Å². The first kappa shape index (κ1) is 25.9. The summed E-state index contributed by atoms with van der Waals surface area (Å²) < 4.78 is 16.4. The number of hydrogen-bond donors (Lipinski definition) is 4. The number of aliphatic hydroxyl groups excluding tert-OH is 3. The van der Waals surface area contributed by atoms with Crippen LogP contribution in [0, 0.1) is 0 Å². The van der Waals surface area contributed by atoms with E-state index in [9.17, 15) is 30.0 Å². The Hall–Kier alpha value is -2.76. The van der Waals surface area contributed by atoms with Gasteiger partial charge in [0.25, 0.3) is 0 Å². The van der Waals surface area contributed by atoms with E-state index in [0.29, 0.717) is 32.1 Å². The van der Waals surface area contributed by atoms with Crippen molar-refractivity contribution >= 4 is 17.8 Å². The summed E-state index contributed by atoms with van der Waals surface area (Å²) in [6.45, 7) is 5.40. The highest BCUT2D eigenvalue weighted by molar-refractivity contribution is 5.97. The lowest BCUT2D eigenvalue weighted by atomic mass is 10.0. The Balaban J connectivity index is 1.84. The van der Waals surface area contributed by atoms with Crippen LogP contribution < -0.4 is 4.74 Å². The van der Waals surface area contributed by atoms with Crippen molar-refractivity contribution in [3.8, 4) is 11.5 Å². The number of esters is 1. The number of carbonyl (C=O) groups excluding carboxylic acids is 2. The largest absolute Gasteiger partial charge is 0.507 e. The van der Waals surface area contributed by atoms with Gasteiger partial charge in [-0.25, -0.2) is 4.79 Å². The van der Waals surface area contributed by atoms with Gasteiger partial charge in [0, 0.05) is 25.7 Å². The molecule has 2 heterocycles. The topological polar surface area (TPSA) is 146 Å². The van der Waals surface area contributed by atoms with Crippen LogP contribution in [-0.4, -0.2) is 101 Å². The van der Waals surface area contributed by atoms with Gasteiger partial charge in [0.2, 0.25) is 0 Å². The zero-order chi connectivity index (χ0) is 24.7. The van der Waals surface area contributed by atoms with E-state index in [0.717, 1.165) is 25.2 Å². The van der Waals surface area contributed by atoms with Gasteiger partial charge >= 0.3 is 5.97 Å². The Morgan fingerprint density at radius 2 is 1.85 bits per heavy atom. The number of nitrogens with zero attached hydrogens (tertiary/aromatic N) is 1. The lowest BCUT2D eigenvalue weighted by molar-refractivity contribution is -0.127. The maximum absolute atomic E-state index is 12.8. The van der Waals surface area contributed by atoms with Crippen molar-refractivity contribution in [2.24, 2.45) is 0 Å². The van der Waals surface area contributed by atoms with E-state index < -0.39 is 36.2 Å². The van der Waals surface area contributed by atoms with Crippen molar-refractivity contribution in [2.75, 3.05) is 39.5 Å². The minimum Gasteiger partial charge on any atom is -0.507 e. The van der Waals surface area contributed by atoms with E-state index in [4.69, 9.17) is 14.2 Å². The van der Waals surface area contributed by atoms with Gasteiger partial charge in [-0.3, -0.25) is 9.69 Å². The van der Waals surface area contributed by atoms with Crippen LogP contribution in [0.1, 0.15) is 29.3 Å². The van der Waals surface area contributed by atoms with Crippen molar-refractivity contribution in [2.45, 2.75) is 37.8 Å². The van der Waals surface area contributed by atoms with Crippen molar-refractivity contribution in [1.82, 2.24) is 4.90 Å². The summed E-state index contributed by atoms with van der Waals surface area (Å²) in [5.74, 6) is -1.70. The van der Waals surface area contributed by atoms with Gasteiger partial charge in [-0.1, -0.05) is 12.2 Å². The van der Waals surface area contributed by atoms with E-state index >= 15 is 0 Å². The Kier molecular flexibility index (Phi) is 9.20. The monoisotopic (exact) mass is 477 g/mol. The highest BCUT2D eigenvalue weighted by Gasteiger charge is 2.26. The van der Waals surface area contributed by atoms with Crippen LogP contribution in [0.2, 0.25) is 0 Å². The van der Waals surface area contributed by atoms with Crippen molar-refractivity contribution in [3.63, 3.8) is 0 Å². The molecule has 1 fully saturated rings. The average Bonchev–Trinajstić information content (AvgIpc) is 2.81. The third-order valence-corrected chi connectivity index (χ3v) is 5.67. The molecule has 186 valence electrons. The van der Waals surface area contributed by atoms with Gasteiger partial charge < -0.3 is 34.6 Å². The normalized spacial score (nSPS) is 28.9. The van der Waals surface area contributed by atoms with E-state index in [-0.39, 0.29) is 23.3 Å². The number of aliphatic hydroxyl groups is 3. The molecule has 0 saturated carbocycles. The first-order chi connectivity index (χ1) is 16.3. The molecule has 4 atom stereocenters. The van der Waals surface area contributed by atoms with Crippen LogP contribution in [-0.2, 0) is 14.3 Å². The van der Waals surface area contributed by atoms with Gasteiger partial charge in [-0.05, 0) is 37.1 Å². The minimum atomic E-state index is -1.68. The summed E-state index contributed by atoms with van der Waals surface area (Å²) in [5.41, 5.74) is 0.122. The molecule has 10 heteroatoms. The fourth-order valence-corrected chi connectivity index (χ4v) is 3.58. The molecule has 2 aliphatic heterocycles. The van der Waals surface area contributed by atoms with Crippen molar-refractivity contribution in [1.29, 1.82) is 0 Å². The van der Waals surface area contributed by atoms with Crippen LogP contribution in [0.4, 0.5) is 0 Å². The molecule has 0 unspecified atom stereocenters. The minimum absolute atomic E-state index is 0.100. The second-order valence-electron chi connectivity index (χ2n) is 8.22. The first-order valence-electron chi connectivity index (χ1n) is 11.2.